The third-order valence-corrected chi connectivity index (χ3v) is 7.77. The molecule has 0 saturated heterocycles. The van der Waals surface area contributed by atoms with E-state index in [0.717, 1.165) is 0 Å². The summed E-state index contributed by atoms with van der Waals surface area (Å²) in [4.78, 5) is 53.7. The van der Waals surface area contributed by atoms with Crippen molar-refractivity contribution in [3.8, 4) is 5.75 Å². The number of Topliss-reactive ketones (excluding diaryl/α,β-unsaturated/α-hetero) is 1. The van der Waals surface area contributed by atoms with Gasteiger partial charge in [0.2, 0.25) is 0 Å². The summed E-state index contributed by atoms with van der Waals surface area (Å²) in [6, 6.07) is 10.0. The molecule has 1 aliphatic heterocycles. The van der Waals surface area contributed by atoms with Gasteiger partial charge in [-0.25, -0.2) is 5.01 Å². The molecule has 37 heavy (non-hydrogen) atoms. The molecule has 4 rings (SSSR count). The molecule has 0 saturated carbocycles. The summed E-state index contributed by atoms with van der Waals surface area (Å²) in [6.45, 7) is -0.730. The number of halogens is 6. The zero-order chi connectivity index (χ0) is 27.2. The summed E-state index contributed by atoms with van der Waals surface area (Å²) in [6.07, 6.45) is 0. The lowest BCUT2D eigenvalue weighted by Crippen LogP contribution is -2.51. The standard InChI is InChI=1S/C24H12Cl6N2O5/c1-37-12-5-2-10(3-6-12)15(33)9-31(22(34)13-7-4-11(25)8-14(13)26)32-23(35)16-17(24(32)36)19(28)21(30)20(29)18(16)27/h2-8H,9H2,1H3. The normalized spacial score (nSPS) is 12.6. The monoisotopic (exact) mass is 618 g/mol. The van der Waals surface area contributed by atoms with Gasteiger partial charge in [-0.2, -0.15) is 5.01 Å². The number of methoxy groups -OCH3 is 1. The van der Waals surface area contributed by atoms with Crippen LogP contribution in [0.5, 0.6) is 5.75 Å². The predicted octanol–water partition coefficient (Wildman–Crippen LogP) is 7.15. The van der Waals surface area contributed by atoms with Gasteiger partial charge in [-0.3, -0.25) is 19.2 Å². The van der Waals surface area contributed by atoms with Gasteiger partial charge in [0, 0.05) is 10.6 Å². The molecule has 3 aromatic carbocycles. The van der Waals surface area contributed by atoms with Gasteiger partial charge < -0.3 is 4.74 Å². The number of nitrogens with zero attached hydrogens (tertiary/aromatic N) is 2. The number of carbonyl (C=O) groups excluding carboxylic acids is 4. The van der Waals surface area contributed by atoms with Crippen LogP contribution in [-0.4, -0.2) is 47.2 Å². The van der Waals surface area contributed by atoms with Crippen LogP contribution in [0.4, 0.5) is 0 Å². The van der Waals surface area contributed by atoms with Crippen molar-refractivity contribution in [2.75, 3.05) is 13.7 Å². The van der Waals surface area contributed by atoms with Crippen molar-refractivity contribution < 1.29 is 23.9 Å². The fraction of sp³-hybridized carbons (Fsp3) is 0.0833. The van der Waals surface area contributed by atoms with Crippen molar-refractivity contribution in [2.24, 2.45) is 0 Å². The van der Waals surface area contributed by atoms with Crippen LogP contribution in [0.1, 0.15) is 41.4 Å². The average molecular weight is 621 g/mol. The van der Waals surface area contributed by atoms with E-state index >= 15 is 0 Å². The van der Waals surface area contributed by atoms with Gasteiger partial charge in [0.1, 0.15) is 12.3 Å². The van der Waals surface area contributed by atoms with Crippen LogP contribution in [-0.2, 0) is 0 Å². The summed E-state index contributed by atoms with van der Waals surface area (Å²) in [5.41, 5.74) is -0.663. The highest BCUT2D eigenvalue weighted by Crippen LogP contribution is 2.45. The predicted molar refractivity (Wildman–Crippen MR) is 142 cm³/mol. The Morgan fingerprint density at radius 1 is 0.811 bits per heavy atom. The molecular formula is C24H12Cl6N2O5. The number of hydrogen-bond acceptors (Lipinski definition) is 5. The lowest BCUT2D eigenvalue weighted by molar-refractivity contribution is 0.00533. The molecule has 3 amide bonds. The molecule has 7 nitrogen and oxygen atoms in total. The molecule has 0 aliphatic carbocycles. The third-order valence-electron chi connectivity index (χ3n) is 5.42. The number of hydrogen-bond donors (Lipinski definition) is 0. The Kier molecular flexibility index (Phi) is 7.95. The molecule has 190 valence electrons. The molecule has 0 radical (unpaired) electrons. The van der Waals surface area contributed by atoms with Crippen molar-refractivity contribution in [3.05, 3.63) is 94.9 Å². The Morgan fingerprint density at radius 2 is 1.35 bits per heavy atom. The number of imide groups is 1. The Labute approximate surface area is 240 Å². The Hall–Kier alpha value is -2.52. The van der Waals surface area contributed by atoms with Crippen molar-refractivity contribution in [3.63, 3.8) is 0 Å². The van der Waals surface area contributed by atoms with Crippen molar-refractivity contribution in [2.45, 2.75) is 0 Å². The lowest BCUT2D eigenvalue weighted by atomic mass is 10.1. The van der Waals surface area contributed by atoms with E-state index in [9.17, 15) is 19.2 Å². The molecule has 0 spiro atoms. The van der Waals surface area contributed by atoms with E-state index in [2.05, 4.69) is 0 Å². The minimum absolute atomic E-state index is 0.0711. The average Bonchev–Trinajstić information content (AvgIpc) is 3.14. The first-order chi connectivity index (χ1) is 17.5. The van der Waals surface area contributed by atoms with E-state index in [4.69, 9.17) is 74.3 Å². The number of benzene rings is 3. The molecule has 1 heterocycles. The van der Waals surface area contributed by atoms with Crippen LogP contribution >= 0.6 is 69.6 Å². The van der Waals surface area contributed by atoms with Crippen LogP contribution in [0.25, 0.3) is 0 Å². The van der Waals surface area contributed by atoms with Gasteiger partial charge in [0.25, 0.3) is 17.7 Å². The number of carbonyl (C=O) groups is 4. The summed E-state index contributed by atoms with van der Waals surface area (Å²) in [5.74, 6) is -3.12. The Morgan fingerprint density at radius 3 is 1.84 bits per heavy atom. The summed E-state index contributed by atoms with van der Waals surface area (Å²) in [5, 5.41) is 0.135. The number of hydrazine groups is 1. The summed E-state index contributed by atoms with van der Waals surface area (Å²) >= 11 is 36.8. The SMILES string of the molecule is COc1ccc(C(=O)CN(C(=O)c2ccc(Cl)cc2Cl)N2C(=O)c3c(Cl)c(Cl)c(Cl)c(Cl)c3C2=O)cc1. The molecule has 3 aromatic rings. The Bertz CT molecular complexity index is 1450. The van der Waals surface area contributed by atoms with Gasteiger partial charge in [-0.15, -0.1) is 0 Å². The molecule has 0 bridgehead atoms. The van der Waals surface area contributed by atoms with E-state index in [-0.39, 0.29) is 52.4 Å². The van der Waals surface area contributed by atoms with Crippen LogP contribution < -0.4 is 4.74 Å². The maximum absolute atomic E-state index is 13.6. The first-order valence-corrected chi connectivity index (χ1v) is 12.4. The topological polar surface area (TPSA) is 84.0 Å². The molecule has 13 heteroatoms. The smallest absolute Gasteiger partial charge is 0.282 e. The lowest BCUT2D eigenvalue weighted by Gasteiger charge is -2.29. The van der Waals surface area contributed by atoms with Crippen LogP contribution in [0.3, 0.4) is 0 Å². The minimum Gasteiger partial charge on any atom is -0.497 e. The first kappa shape index (κ1) is 27.5. The largest absolute Gasteiger partial charge is 0.497 e. The molecule has 0 aromatic heterocycles. The summed E-state index contributed by atoms with van der Waals surface area (Å²) in [7, 11) is 1.46. The van der Waals surface area contributed by atoms with E-state index in [1.807, 2.05) is 0 Å². The van der Waals surface area contributed by atoms with E-state index in [1.54, 1.807) is 12.1 Å². The number of rotatable bonds is 6. The molecular weight excluding hydrogens is 609 g/mol. The highest BCUT2D eigenvalue weighted by molar-refractivity contribution is 6.55. The highest BCUT2D eigenvalue weighted by atomic mass is 35.5. The zero-order valence-electron chi connectivity index (χ0n) is 18.5. The second-order valence-electron chi connectivity index (χ2n) is 7.57. The van der Waals surface area contributed by atoms with Gasteiger partial charge in [-0.1, -0.05) is 69.6 Å². The molecule has 0 fully saturated rings. The van der Waals surface area contributed by atoms with E-state index < -0.39 is 30.0 Å². The fourth-order valence-electron chi connectivity index (χ4n) is 3.60. The van der Waals surface area contributed by atoms with Crippen molar-refractivity contribution >= 4 is 93.1 Å². The highest BCUT2D eigenvalue weighted by Gasteiger charge is 2.46. The van der Waals surface area contributed by atoms with E-state index in [1.165, 1.54) is 37.4 Å². The maximum Gasteiger partial charge on any atom is 0.282 e. The van der Waals surface area contributed by atoms with Crippen molar-refractivity contribution in [1.82, 2.24) is 10.0 Å². The van der Waals surface area contributed by atoms with Crippen molar-refractivity contribution in [1.29, 1.82) is 0 Å². The number of amides is 3. The number of ketones is 1. The molecule has 1 aliphatic rings. The van der Waals surface area contributed by atoms with Gasteiger partial charge in [0.05, 0.1) is 48.9 Å². The van der Waals surface area contributed by atoms with Gasteiger partial charge in [-0.05, 0) is 42.5 Å². The zero-order valence-corrected chi connectivity index (χ0v) is 23.0. The number of ether oxygens (including phenoxy) is 1. The van der Waals surface area contributed by atoms with Crippen LogP contribution in [0, 0.1) is 0 Å². The van der Waals surface area contributed by atoms with Gasteiger partial charge in [0.15, 0.2) is 5.78 Å². The third kappa shape index (κ3) is 4.88. The molecule has 0 N–H and O–H groups in total. The second-order valence-corrected chi connectivity index (χ2v) is 9.92. The van der Waals surface area contributed by atoms with Crippen LogP contribution in [0.15, 0.2) is 42.5 Å². The quantitative estimate of drug-likeness (QED) is 0.126. The molecule has 0 unspecified atom stereocenters. The maximum atomic E-state index is 13.6. The fourth-order valence-corrected chi connectivity index (χ4v) is 5.10. The van der Waals surface area contributed by atoms with Crippen LogP contribution in [0.2, 0.25) is 30.1 Å². The van der Waals surface area contributed by atoms with E-state index in [0.29, 0.717) is 15.8 Å². The second kappa shape index (κ2) is 10.7. The number of fused-ring (bicyclic) bond motifs is 1. The molecule has 0 atom stereocenters. The summed E-state index contributed by atoms with van der Waals surface area (Å²) < 4.78 is 5.09. The van der Waals surface area contributed by atoms with Gasteiger partial charge >= 0.3 is 0 Å². The Balaban J connectivity index is 1.82. The first-order valence-electron chi connectivity index (χ1n) is 10.2. The minimum atomic E-state index is -1.04.